The molecule has 3 aliphatic rings. The van der Waals surface area contributed by atoms with Crippen LogP contribution in [0.5, 0.6) is 0 Å². The first-order valence-corrected chi connectivity index (χ1v) is 13.0. The molecule has 0 amide bonds. The number of furan rings is 1. The zero-order valence-electron chi connectivity index (χ0n) is 19.2. The summed E-state index contributed by atoms with van der Waals surface area (Å²) in [6, 6.07) is 15.6. The van der Waals surface area contributed by atoms with E-state index in [-0.39, 0.29) is 0 Å². The molecule has 2 aromatic carbocycles. The molecule has 0 radical (unpaired) electrons. The highest BCUT2D eigenvalue weighted by molar-refractivity contribution is 5.96. The normalized spacial score (nSPS) is 20.2. The van der Waals surface area contributed by atoms with Gasteiger partial charge in [-0.25, -0.2) is 0 Å². The van der Waals surface area contributed by atoms with E-state index in [1.54, 1.807) is 0 Å². The zero-order chi connectivity index (χ0) is 21.3. The minimum atomic E-state index is 0.678. The molecular weight excluding hydrogens is 390 g/mol. The van der Waals surface area contributed by atoms with Gasteiger partial charge in [0.05, 0.1) is 5.69 Å². The van der Waals surface area contributed by atoms with Crippen LogP contribution in [0.1, 0.15) is 93.4 Å². The van der Waals surface area contributed by atoms with Gasteiger partial charge in [0, 0.05) is 16.6 Å². The fourth-order valence-electron chi connectivity index (χ4n) is 6.51. The van der Waals surface area contributed by atoms with Crippen LogP contribution in [0.15, 0.2) is 53.0 Å². The first-order valence-electron chi connectivity index (χ1n) is 13.0. The van der Waals surface area contributed by atoms with Crippen molar-refractivity contribution in [3.05, 3.63) is 65.4 Å². The zero-order valence-corrected chi connectivity index (χ0v) is 19.2. The van der Waals surface area contributed by atoms with E-state index < -0.39 is 0 Å². The summed E-state index contributed by atoms with van der Waals surface area (Å²) in [5.41, 5.74) is 7.82. The number of para-hydroxylation sites is 2. The molecule has 0 aliphatic heterocycles. The van der Waals surface area contributed by atoms with Crippen molar-refractivity contribution in [3.8, 4) is 0 Å². The Bertz CT molecular complexity index is 1120. The van der Waals surface area contributed by atoms with E-state index in [2.05, 4.69) is 53.9 Å². The number of hydrogen-bond donors (Lipinski definition) is 1. The summed E-state index contributed by atoms with van der Waals surface area (Å²) in [6.45, 7) is 0. The summed E-state index contributed by atoms with van der Waals surface area (Å²) in [4.78, 5) is 0. The molecule has 1 N–H and O–H groups in total. The van der Waals surface area contributed by atoms with E-state index in [0.717, 1.165) is 24.1 Å². The van der Waals surface area contributed by atoms with E-state index in [0.29, 0.717) is 11.8 Å². The number of nitrogens with one attached hydrogen (secondary N) is 1. The van der Waals surface area contributed by atoms with Crippen molar-refractivity contribution in [2.45, 2.75) is 83.0 Å². The van der Waals surface area contributed by atoms with Crippen molar-refractivity contribution in [2.75, 3.05) is 5.32 Å². The Morgan fingerprint density at radius 1 is 0.719 bits per heavy atom. The van der Waals surface area contributed by atoms with Crippen LogP contribution in [0.25, 0.3) is 16.5 Å². The third-order valence-electron chi connectivity index (χ3n) is 8.16. The summed E-state index contributed by atoms with van der Waals surface area (Å²) in [5, 5.41) is 5.11. The number of aryl methyl sites for hydroxylation is 1. The van der Waals surface area contributed by atoms with E-state index in [4.69, 9.17) is 4.42 Å². The van der Waals surface area contributed by atoms with Gasteiger partial charge in [-0.15, -0.1) is 0 Å². The smallest absolute Gasteiger partial charge is 0.158 e. The number of fused-ring (bicyclic) bond motifs is 3. The molecule has 166 valence electrons. The molecule has 2 saturated carbocycles. The fraction of sp³-hybridized carbons (Fsp3) is 0.467. The Balaban J connectivity index is 1.37. The highest BCUT2D eigenvalue weighted by atomic mass is 16.3. The quantitative estimate of drug-likeness (QED) is 0.451. The van der Waals surface area contributed by atoms with E-state index in [9.17, 15) is 0 Å². The van der Waals surface area contributed by atoms with E-state index >= 15 is 0 Å². The van der Waals surface area contributed by atoms with Crippen LogP contribution >= 0.6 is 0 Å². The number of hydrogen-bond acceptors (Lipinski definition) is 2. The number of anilines is 2. The van der Waals surface area contributed by atoms with Gasteiger partial charge in [0.1, 0.15) is 5.76 Å². The third-order valence-corrected chi connectivity index (χ3v) is 8.16. The fourth-order valence-corrected chi connectivity index (χ4v) is 6.51. The second-order valence-corrected chi connectivity index (χ2v) is 10.2. The maximum Gasteiger partial charge on any atom is 0.158 e. The second kappa shape index (κ2) is 8.81. The highest BCUT2D eigenvalue weighted by Crippen LogP contribution is 2.45. The monoisotopic (exact) mass is 425 g/mol. The predicted octanol–water partition coefficient (Wildman–Crippen LogP) is 9.13. The van der Waals surface area contributed by atoms with Crippen LogP contribution in [-0.4, -0.2) is 0 Å². The molecule has 2 fully saturated rings. The molecule has 6 rings (SSSR count). The van der Waals surface area contributed by atoms with Gasteiger partial charge < -0.3 is 9.73 Å². The van der Waals surface area contributed by atoms with Gasteiger partial charge in [-0.1, -0.05) is 74.9 Å². The third kappa shape index (κ3) is 3.68. The second-order valence-electron chi connectivity index (χ2n) is 10.2. The summed E-state index contributed by atoms with van der Waals surface area (Å²) in [5.74, 6) is 2.55. The maximum atomic E-state index is 6.71. The summed E-state index contributed by atoms with van der Waals surface area (Å²) in [7, 11) is 0. The van der Waals surface area contributed by atoms with Crippen LogP contribution in [0, 0.1) is 5.92 Å². The molecular formula is C30H35NO. The van der Waals surface area contributed by atoms with Gasteiger partial charge in [-0.2, -0.15) is 0 Å². The van der Waals surface area contributed by atoms with Crippen LogP contribution in [0.4, 0.5) is 11.4 Å². The first-order chi connectivity index (χ1) is 15.9. The van der Waals surface area contributed by atoms with Gasteiger partial charge in [0.15, 0.2) is 5.58 Å². The molecule has 0 bridgehead atoms. The van der Waals surface area contributed by atoms with Gasteiger partial charge in [-0.05, 0) is 73.6 Å². The molecule has 3 aromatic rings. The molecule has 0 spiro atoms. The van der Waals surface area contributed by atoms with Crippen molar-refractivity contribution in [1.82, 2.24) is 0 Å². The summed E-state index contributed by atoms with van der Waals surface area (Å²) < 4.78 is 6.71. The Labute approximate surface area is 192 Å². The number of benzene rings is 2. The SMILES string of the molecule is C1=C(C2CCCCC2)c2oc3c(Nc4ccccc4C4CCCCC4)cccc3c2CC1. The van der Waals surface area contributed by atoms with Crippen molar-refractivity contribution in [1.29, 1.82) is 0 Å². The molecule has 0 saturated heterocycles. The van der Waals surface area contributed by atoms with Crippen molar-refractivity contribution in [2.24, 2.45) is 5.92 Å². The maximum absolute atomic E-state index is 6.71. The Morgan fingerprint density at radius 3 is 2.25 bits per heavy atom. The Kier molecular flexibility index (Phi) is 5.55. The van der Waals surface area contributed by atoms with E-state index in [1.165, 1.54) is 97.7 Å². The lowest BCUT2D eigenvalue weighted by molar-refractivity contribution is 0.420. The van der Waals surface area contributed by atoms with Gasteiger partial charge in [0.25, 0.3) is 0 Å². The lowest BCUT2D eigenvalue weighted by Crippen LogP contribution is -2.11. The molecule has 3 aliphatic carbocycles. The van der Waals surface area contributed by atoms with Crippen molar-refractivity contribution >= 4 is 27.9 Å². The van der Waals surface area contributed by atoms with Crippen LogP contribution in [0.2, 0.25) is 0 Å². The van der Waals surface area contributed by atoms with Gasteiger partial charge in [0.2, 0.25) is 0 Å². The lowest BCUT2D eigenvalue weighted by Gasteiger charge is -2.26. The van der Waals surface area contributed by atoms with Crippen LogP contribution in [-0.2, 0) is 6.42 Å². The van der Waals surface area contributed by atoms with Gasteiger partial charge >= 0.3 is 0 Å². The van der Waals surface area contributed by atoms with Gasteiger partial charge in [-0.3, -0.25) is 0 Å². The van der Waals surface area contributed by atoms with Crippen LogP contribution in [0.3, 0.4) is 0 Å². The number of allylic oxidation sites excluding steroid dienone is 2. The minimum absolute atomic E-state index is 0.678. The van der Waals surface area contributed by atoms with Crippen molar-refractivity contribution in [3.63, 3.8) is 0 Å². The van der Waals surface area contributed by atoms with E-state index in [1.807, 2.05) is 0 Å². The molecule has 1 aromatic heterocycles. The molecule has 32 heavy (non-hydrogen) atoms. The van der Waals surface area contributed by atoms with Crippen LogP contribution < -0.4 is 5.32 Å². The molecule has 0 atom stereocenters. The predicted molar refractivity (Wildman–Crippen MR) is 135 cm³/mol. The average molecular weight is 426 g/mol. The summed E-state index contributed by atoms with van der Waals surface area (Å²) in [6.07, 6.45) is 18.2. The molecule has 2 heteroatoms. The Hall–Kier alpha value is -2.48. The molecule has 1 heterocycles. The standard InChI is InChI=1S/C30H35NO/c1-3-11-21(12-4-1)23-15-7-8-19-27(23)31-28-20-10-18-26-25-17-9-16-24(29(25)32-30(26)28)22-13-5-2-6-14-22/h7-8,10,15-16,18-22,31H,1-6,9,11-14,17H2. The minimum Gasteiger partial charge on any atom is -0.454 e. The lowest BCUT2D eigenvalue weighted by atomic mass is 9.79. The Morgan fingerprint density at radius 2 is 1.44 bits per heavy atom. The molecule has 2 nitrogen and oxygen atoms in total. The topological polar surface area (TPSA) is 25.2 Å². The van der Waals surface area contributed by atoms with Crippen molar-refractivity contribution < 1.29 is 4.42 Å². The largest absolute Gasteiger partial charge is 0.454 e. The first kappa shape index (κ1) is 20.1. The molecule has 0 unspecified atom stereocenters. The summed E-state index contributed by atoms with van der Waals surface area (Å²) >= 11 is 0. The number of rotatable bonds is 4. The average Bonchev–Trinajstić information content (AvgIpc) is 3.25. The highest BCUT2D eigenvalue weighted by Gasteiger charge is 2.28.